The zero-order chi connectivity index (χ0) is 11.4. The molecule has 0 heterocycles. The smallest absolute Gasteiger partial charge is 0.325 e. The van der Waals surface area contributed by atoms with Crippen molar-refractivity contribution in [2.45, 2.75) is 0 Å². The molecule has 0 bridgehead atoms. The molecule has 3 nitrogen and oxygen atoms in total. The highest BCUT2D eigenvalue weighted by molar-refractivity contribution is 6.35. The summed E-state index contributed by atoms with van der Waals surface area (Å²) in [6, 6.07) is 5.08. The number of methoxy groups -OCH3 is 1. The molecule has 1 aromatic rings. The van der Waals surface area contributed by atoms with Crippen molar-refractivity contribution < 1.29 is 9.53 Å². The zero-order valence-electron chi connectivity index (χ0n) is 8.46. The number of rotatable bonds is 3. The maximum atomic E-state index is 11.1. The molecule has 0 aromatic heterocycles. The van der Waals surface area contributed by atoms with Crippen LogP contribution in [0.2, 0.25) is 10.0 Å². The molecule has 82 valence electrons. The second kappa shape index (κ2) is 5.24. The van der Waals surface area contributed by atoms with Gasteiger partial charge in [-0.15, -0.1) is 0 Å². The lowest BCUT2D eigenvalue weighted by Gasteiger charge is -2.19. The molecule has 15 heavy (non-hydrogen) atoms. The summed E-state index contributed by atoms with van der Waals surface area (Å²) in [4.78, 5) is 12.7. The van der Waals surface area contributed by atoms with Gasteiger partial charge in [-0.1, -0.05) is 23.2 Å². The third-order valence-corrected chi connectivity index (χ3v) is 2.47. The monoisotopic (exact) mass is 247 g/mol. The van der Waals surface area contributed by atoms with Crippen LogP contribution in [0.25, 0.3) is 0 Å². The maximum Gasteiger partial charge on any atom is 0.325 e. The molecule has 0 N–H and O–H groups in total. The fraction of sp³-hybridized carbons (Fsp3) is 0.300. The van der Waals surface area contributed by atoms with Gasteiger partial charge >= 0.3 is 5.97 Å². The minimum absolute atomic E-state index is 0.135. The van der Waals surface area contributed by atoms with Gasteiger partial charge in [0, 0.05) is 12.1 Å². The first-order valence-corrected chi connectivity index (χ1v) is 5.03. The Labute approximate surface area is 98.5 Å². The molecule has 0 fully saturated rings. The quantitative estimate of drug-likeness (QED) is 0.770. The molecule has 0 unspecified atom stereocenters. The highest BCUT2D eigenvalue weighted by Crippen LogP contribution is 2.27. The molecular formula is C10H11Cl2NO2. The van der Waals surface area contributed by atoms with Gasteiger partial charge in [-0.05, 0) is 18.2 Å². The van der Waals surface area contributed by atoms with Crippen LogP contribution in [0.4, 0.5) is 5.69 Å². The fourth-order valence-corrected chi connectivity index (χ4v) is 1.55. The molecule has 1 aromatic carbocycles. The minimum Gasteiger partial charge on any atom is -0.468 e. The number of anilines is 1. The lowest BCUT2D eigenvalue weighted by atomic mass is 10.3. The van der Waals surface area contributed by atoms with Crippen molar-refractivity contribution >= 4 is 34.9 Å². The van der Waals surface area contributed by atoms with Gasteiger partial charge in [-0.3, -0.25) is 4.79 Å². The number of likely N-dealkylation sites (N-methyl/N-ethyl adjacent to an activating group) is 1. The largest absolute Gasteiger partial charge is 0.468 e. The molecule has 0 aliphatic carbocycles. The molecule has 0 saturated heterocycles. The summed E-state index contributed by atoms with van der Waals surface area (Å²) >= 11 is 11.8. The fourth-order valence-electron chi connectivity index (χ4n) is 1.12. The first-order chi connectivity index (χ1) is 7.04. The van der Waals surface area contributed by atoms with E-state index in [2.05, 4.69) is 4.74 Å². The van der Waals surface area contributed by atoms with Crippen LogP contribution >= 0.6 is 23.2 Å². The number of hydrogen-bond acceptors (Lipinski definition) is 3. The molecule has 0 aliphatic heterocycles. The predicted molar refractivity (Wildman–Crippen MR) is 61.7 cm³/mol. The second-order valence-corrected chi connectivity index (χ2v) is 3.87. The van der Waals surface area contributed by atoms with E-state index in [1.54, 1.807) is 30.1 Å². The Kier molecular flexibility index (Phi) is 4.24. The lowest BCUT2D eigenvalue weighted by Crippen LogP contribution is -2.26. The molecule has 5 heteroatoms. The molecule has 0 saturated carbocycles. The normalized spacial score (nSPS) is 9.87. The van der Waals surface area contributed by atoms with Gasteiger partial charge in [0.2, 0.25) is 0 Å². The van der Waals surface area contributed by atoms with E-state index in [1.165, 1.54) is 7.11 Å². The zero-order valence-corrected chi connectivity index (χ0v) is 9.97. The molecule has 0 atom stereocenters. The number of hydrogen-bond donors (Lipinski definition) is 0. The van der Waals surface area contributed by atoms with Crippen LogP contribution in [0.3, 0.4) is 0 Å². The molecule has 0 radical (unpaired) electrons. The summed E-state index contributed by atoms with van der Waals surface area (Å²) in [5, 5.41) is 1.12. The standard InChI is InChI=1S/C10H11Cl2NO2/c1-13(6-10(14)15-2)9-5-7(11)3-4-8(9)12/h3-5H,6H2,1-2H3. The van der Waals surface area contributed by atoms with Crippen LogP contribution in [0, 0.1) is 0 Å². The summed E-state index contributed by atoms with van der Waals surface area (Å²) in [5.41, 5.74) is 0.703. The number of esters is 1. The van der Waals surface area contributed by atoms with Crippen LogP contribution in [0.5, 0.6) is 0 Å². The third kappa shape index (κ3) is 3.29. The Morgan fingerprint density at radius 2 is 2.13 bits per heavy atom. The van der Waals surface area contributed by atoms with E-state index in [-0.39, 0.29) is 12.5 Å². The highest BCUT2D eigenvalue weighted by atomic mass is 35.5. The summed E-state index contributed by atoms with van der Waals surface area (Å²) in [6.45, 7) is 0.135. The minimum atomic E-state index is -0.325. The first-order valence-electron chi connectivity index (χ1n) is 4.27. The lowest BCUT2D eigenvalue weighted by molar-refractivity contribution is -0.138. The van der Waals surface area contributed by atoms with Crippen LogP contribution in [0.15, 0.2) is 18.2 Å². The van der Waals surface area contributed by atoms with E-state index in [0.29, 0.717) is 15.7 Å². The van der Waals surface area contributed by atoms with Gasteiger partial charge in [0.25, 0.3) is 0 Å². The van der Waals surface area contributed by atoms with Crippen LogP contribution in [-0.2, 0) is 9.53 Å². The van der Waals surface area contributed by atoms with E-state index in [1.807, 2.05) is 0 Å². The van der Waals surface area contributed by atoms with E-state index >= 15 is 0 Å². The van der Waals surface area contributed by atoms with Gasteiger partial charge in [-0.25, -0.2) is 0 Å². The average molecular weight is 248 g/mol. The molecule has 0 aliphatic rings. The van der Waals surface area contributed by atoms with Crippen molar-refractivity contribution in [2.75, 3.05) is 25.6 Å². The Morgan fingerprint density at radius 1 is 1.47 bits per heavy atom. The van der Waals surface area contributed by atoms with E-state index < -0.39 is 0 Å². The summed E-state index contributed by atoms with van der Waals surface area (Å²) in [7, 11) is 3.09. The second-order valence-electron chi connectivity index (χ2n) is 3.03. The van der Waals surface area contributed by atoms with Gasteiger partial charge in [0.15, 0.2) is 0 Å². The van der Waals surface area contributed by atoms with Gasteiger partial charge < -0.3 is 9.64 Å². The van der Waals surface area contributed by atoms with Gasteiger partial charge in [0.05, 0.1) is 17.8 Å². The number of carbonyl (C=O) groups is 1. The van der Waals surface area contributed by atoms with Crippen LogP contribution in [-0.4, -0.2) is 26.7 Å². The number of benzene rings is 1. The van der Waals surface area contributed by atoms with E-state index in [4.69, 9.17) is 23.2 Å². The van der Waals surface area contributed by atoms with Crippen LogP contribution < -0.4 is 4.90 Å². The average Bonchev–Trinajstić information content (AvgIpc) is 2.21. The van der Waals surface area contributed by atoms with E-state index in [0.717, 1.165) is 0 Å². The van der Waals surface area contributed by atoms with Crippen molar-refractivity contribution in [2.24, 2.45) is 0 Å². The maximum absolute atomic E-state index is 11.1. The number of ether oxygens (including phenoxy) is 1. The Bertz CT molecular complexity index is 368. The van der Waals surface area contributed by atoms with Gasteiger partial charge in [-0.2, -0.15) is 0 Å². The Morgan fingerprint density at radius 3 is 2.73 bits per heavy atom. The number of halogens is 2. The van der Waals surface area contributed by atoms with Crippen molar-refractivity contribution in [1.82, 2.24) is 0 Å². The van der Waals surface area contributed by atoms with Crippen molar-refractivity contribution in [1.29, 1.82) is 0 Å². The summed E-state index contributed by atoms with van der Waals surface area (Å²) in [5.74, 6) is -0.325. The Hall–Kier alpha value is -0.930. The molecule has 1 rings (SSSR count). The SMILES string of the molecule is COC(=O)CN(C)c1cc(Cl)ccc1Cl. The summed E-state index contributed by atoms with van der Waals surface area (Å²) < 4.78 is 4.56. The summed E-state index contributed by atoms with van der Waals surface area (Å²) in [6.07, 6.45) is 0. The van der Waals surface area contributed by atoms with Crippen molar-refractivity contribution in [3.63, 3.8) is 0 Å². The van der Waals surface area contributed by atoms with Crippen molar-refractivity contribution in [3.8, 4) is 0 Å². The first kappa shape index (κ1) is 12.1. The Balaban J connectivity index is 2.85. The third-order valence-electron chi connectivity index (χ3n) is 1.91. The van der Waals surface area contributed by atoms with Gasteiger partial charge in [0.1, 0.15) is 6.54 Å². The van der Waals surface area contributed by atoms with Crippen molar-refractivity contribution in [3.05, 3.63) is 28.2 Å². The molecule has 0 amide bonds. The number of nitrogens with zero attached hydrogens (tertiary/aromatic N) is 1. The predicted octanol–water partition coefficient (Wildman–Crippen LogP) is 2.60. The highest BCUT2D eigenvalue weighted by Gasteiger charge is 2.10. The van der Waals surface area contributed by atoms with E-state index in [9.17, 15) is 4.79 Å². The van der Waals surface area contributed by atoms with Crippen LogP contribution in [0.1, 0.15) is 0 Å². The molecular weight excluding hydrogens is 237 g/mol. The topological polar surface area (TPSA) is 29.5 Å². The number of carbonyl (C=O) groups excluding carboxylic acids is 1. The molecule has 0 spiro atoms.